The van der Waals surface area contributed by atoms with Gasteiger partial charge in [-0.3, -0.25) is 4.98 Å². The number of benzene rings is 1. The van der Waals surface area contributed by atoms with E-state index in [9.17, 15) is 0 Å². The molecule has 0 aliphatic heterocycles. The van der Waals surface area contributed by atoms with Crippen molar-refractivity contribution in [1.82, 2.24) is 15.3 Å². The second-order valence-electron chi connectivity index (χ2n) is 5.38. The molecule has 0 unspecified atom stereocenters. The molecule has 0 radical (unpaired) electrons. The van der Waals surface area contributed by atoms with E-state index in [1.165, 1.54) is 0 Å². The number of nitrogens with zero attached hydrogens (tertiary/aromatic N) is 2. The number of hydrogen-bond donors (Lipinski definition) is 1. The second kappa shape index (κ2) is 7.52. The van der Waals surface area contributed by atoms with Gasteiger partial charge in [-0.05, 0) is 43.1 Å². The monoisotopic (exact) mass is 349 g/mol. The minimum absolute atomic E-state index is 0.507. The first-order chi connectivity index (χ1) is 10.0. The number of ether oxygens (including phenoxy) is 1. The molecule has 0 fully saturated rings. The molecule has 0 atom stereocenters. The Balaban J connectivity index is 1.95. The molecule has 0 aliphatic rings. The fraction of sp³-hybridized carbons (Fsp3) is 0.375. The zero-order chi connectivity index (χ0) is 15.2. The third-order valence-corrected chi connectivity index (χ3v) is 3.39. The molecular weight excluding hydrogens is 330 g/mol. The number of halogens is 1. The minimum Gasteiger partial charge on any atom is -0.437 e. The Morgan fingerprint density at radius 1 is 1.24 bits per heavy atom. The Morgan fingerprint density at radius 2 is 2.05 bits per heavy atom. The third kappa shape index (κ3) is 5.10. The van der Waals surface area contributed by atoms with Gasteiger partial charge in [0.1, 0.15) is 5.75 Å². The molecular formula is C16H20BrN3O. The van der Waals surface area contributed by atoms with Crippen molar-refractivity contribution in [2.24, 2.45) is 5.92 Å². The third-order valence-electron chi connectivity index (χ3n) is 2.89. The molecule has 2 aromatic rings. The fourth-order valence-corrected chi connectivity index (χ4v) is 2.29. The molecule has 2 rings (SSSR count). The first kappa shape index (κ1) is 15.9. The van der Waals surface area contributed by atoms with Crippen LogP contribution in [-0.4, -0.2) is 16.5 Å². The van der Waals surface area contributed by atoms with E-state index in [0.29, 0.717) is 11.8 Å². The van der Waals surface area contributed by atoms with Crippen molar-refractivity contribution in [3.05, 3.63) is 46.3 Å². The van der Waals surface area contributed by atoms with Crippen molar-refractivity contribution in [2.45, 2.75) is 27.3 Å². The maximum absolute atomic E-state index is 5.75. The lowest BCUT2D eigenvalue weighted by Crippen LogP contribution is -2.19. The van der Waals surface area contributed by atoms with E-state index in [-0.39, 0.29) is 0 Å². The normalized spacial score (nSPS) is 10.9. The molecule has 5 heteroatoms. The van der Waals surface area contributed by atoms with Crippen LogP contribution in [0.5, 0.6) is 11.6 Å². The Morgan fingerprint density at radius 3 is 2.67 bits per heavy atom. The Bertz CT molecular complexity index is 585. The summed E-state index contributed by atoms with van der Waals surface area (Å²) >= 11 is 3.43. The van der Waals surface area contributed by atoms with Gasteiger partial charge in [0, 0.05) is 11.0 Å². The molecule has 1 aromatic carbocycles. The van der Waals surface area contributed by atoms with Crippen LogP contribution in [0.4, 0.5) is 0 Å². The molecule has 4 nitrogen and oxygen atoms in total. The Hall–Kier alpha value is -1.46. The van der Waals surface area contributed by atoms with Gasteiger partial charge in [0.15, 0.2) is 0 Å². The summed E-state index contributed by atoms with van der Waals surface area (Å²) in [6.07, 6.45) is 3.41. The van der Waals surface area contributed by atoms with Crippen LogP contribution in [-0.2, 0) is 6.54 Å². The Kier molecular flexibility index (Phi) is 5.70. The van der Waals surface area contributed by atoms with Crippen LogP contribution in [0.1, 0.15) is 25.1 Å². The molecule has 0 spiro atoms. The summed E-state index contributed by atoms with van der Waals surface area (Å²) in [7, 11) is 0. The van der Waals surface area contributed by atoms with Gasteiger partial charge in [0.2, 0.25) is 5.88 Å². The van der Waals surface area contributed by atoms with Crippen LogP contribution < -0.4 is 10.1 Å². The van der Waals surface area contributed by atoms with Crippen LogP contribution in [0.15, 0.2) is 35.1 Å². The molecule has 21 heavy (non-hydrogen) atoms. The summed E-state index contributed by atoms with van der Waals surface area (Å²) in [5.41, 5.74) is 1.96. The molecule has 0 aliphatic carbocycles. The summed E-state index contributed by atoms with van der Waals surface area (Å²) < 4.78 is 6.78. The number of nitrogens with one attached hydrogen (secondary N) is 1. The van der Waals surface area contributed by atoms with Crippen molar-refractivity contribution < 1.29 is 4.74 Å². The van der Waals surface area contributed by atoms with Crippen molar-refractivity contribution >= 4 is 15.9 Å². The number of rotatable bonds is 6. The standard InChI is InChI=1S/C16H20BrN3O/c1-11(2)7-18-8-14-9-20-16(10-19-14)21-15-5-4-13(17)6-12(15)3/h4-6,9-11,18H,7-8H2,1-3H3. The van der Waals surface area contributed by atoms with Gasteiger partial charge in [-0.2, -0.15) is 0 Å². The quantitative estimate of drug-likeness (QED) is 0.853. The van der Waals surface area contributed by atoms with Gasteiger partial charge in [0.25, 0.3) is 0 Å². The minimum atomic E-state index is 0.507. The van der Waals surface area contributed by atoms with Crippen molar-refractivity contribution in [3.8, 4) is 11.6 Å². The van der Waals surface area contributed by atoms with Gasteiger partial charge in [-0.15, -0.1) is 0 Å². The first-order valence-electron chi connectivity index (χ1n) is 7.00. The summed E-state index contributed by atoms with van der Waals surface area (Å²) in [5.74, 6) is 1.92. The average molecular weight is 350 g/mol. The summed E-state index contributed by atoms with van der Waals surface area (Å²) in [4.78, 5) is 8.66. The molecule has 0 bridgehead atoms. The molecule has 112 valence electrons. The highest BCUT2D eigenvalue weighted by Gasteiger charge is 2.04. The number of aryl methyl sites for hydroxylation is 1. The molecule has 1 heterocycles. The predicted molar refractivity (Wildman–Crippen MR) is 87.5 cm³/mol. The zero-order valence-corrected chi connectivity index (χ0v) is 14.1. The molecule has 1 N–H and O–H groups in total. The van der Waals surface area contributed by atoms with Gasteiger partial charge < -0.3 is 10.1 Å². The SMILES string of the molecule is Cc1cc(Br)ccc1Oc1cnc(CNCC(C)C)cn1. The van der Waals surface area contributed by atoms with E-state index in [1.807, 2.05) is 25.1 Å². The van der Waals surface area contributed by atoms with Crippen molar-refractivity contribution in [2.75, 3.05) is 6.54 Å². The average Bonchev–Trinajstić information content (AvgIpc) is 2.43. The van der Waals surface area contributed by atoms with Crippen LogP contribution in [0.25, 0.3) is 0 Å². The lowest BCUT2D eigenvalue weighted by atomic mass is 10.2. The van der Waals surface area contributed by atoms with Crippen molar-refractivity contribution in [1.29, 1.82) is 0 Å². The van der Waals surface area contributed by atoms with Gasteiger partial charge >= 0.3 is 0 Å². The molecule has 0 saturated heterocycles. The lowest BCUT2D eigenvalue weighted by molar-refractivity contribution is 0.455. The summed E-state index contributed by atoms with van der Waals surface area (Å²) in [6.45, 7) is 8.05. The maximum Gasteiger partial charge on any atom is 0.237 e. The largest absolute Gasteiger partial charge is 0.437 e. The second-order valence-corrected chi connectivity index (χ2v) is 6.30. The van der Waals surface area contributed by atoms with Crippen LogP contribution in [0.3, 0.4) is 0 Å². The smallest absolute Gasteiger partial charge is 0.237 e. The summed E-state index contributed by atoms with van der Waals surface area (Å²) in [6, 6.07) is 5.87. The van der Waals surface area contributed by atoms with Crippen LogP contribution in [0.2, 0.25) is 0 Å². The predicted octanol–water partition coefficient (Wildman–Crippen LogP) is 4.09. The highest BCUT2D eigenvalue weighted by atomic mass is 79.9. The highest BCUT2D eigenvalue weighted by molar-refractivity contribution is 9.10. The van der Waals surface area contributed by atoms with E-state index in [4.69, 9.17) is 4.74 Å². The lowest BCUT2D eigenvalue weighted by Gasteiger charge is -2.09. The van der Waals surface area contributed by atoms with E-state index < -0.39 is 0 Å². The van der Waals surface area contributed by atoms with Gasteiger partial charge in [0.05, 0.1) is 18.1 Å². The van der Waals surface area contributed by atoms with Crippen molar-refractivity contribution in [3.63, 3.8) is 0 Å². The van der Waals surface area contributed by atoms with E-state index >= 15 is 0 Å². The maximum atomic E-state index is 5.75. The topological polar surface area (TPSA) is 47.0 Å². The van der Waals surface area contributed by atoms with Crippen LogP contribution >= 0.6 is 15.9 Å². The molecule has 1 aromatic heterocycles. The van der Waals surface area contributed by atoms with E-state index in [2.05, 4.69) is 45.1 Å². The summed E-state index contributed by atoms with van der Waals surface area (Å²) in [5, 5.41) is 3.34. The first-order valence-corrected chi connectivity index (χ1v) is 7.79. The van der Waals surface area contributed by atoms with Crippen LogP contribution in [0, 0.1) is 12.8 Å². The highest BCUT2D eigenvalue weighted by Crippen LogP contribution is 2.25. The number of aromatic nitrogens is 2. The number of hydrogen-bond acceptors (Lipinski definition) is 4. The Labute approximate surface area is 134 Å². The van der Waals surface area contributed by atoms with Gasteiger partial charge in [-0.1, -0.05) is 29.8 Å². The fourth-order valence-electron chi connectivity index (χ4n) is 1.82. The molecule has 0 saturated carbocycles. The van der Waals surface area contributed by atoms with E-state index in [1.54, 1.807) is 12.4 Å². The molecule has 0 amide bonds. The zero-order valence-electron chi connectivity index (χ0n) is 12.6. The van der Waals surface area contributed by atoms with Gasteiger partial charge in [-0.25, -0.2) is 4.98 Å². The van der Waals surface area contributed by atoms with E-state index in [0.717, 1.165) is 34.6 Å².